The average Bonchev–Trinajstić information content (AvgIpc) is 2.11. The van der Waals surface area contributed by atoms with Crippen molar-refractivity contribution in [3.05, 3.63) is 11.8 Å². The van der Waals surface area contributed by atoms with Crippen molar-refractivity contribution in [3.63, 3.8) is 0 Å². The maximum atomic E-state index is 11.6. The molecule has 1 heterocycles. The highest BCUT2D eigenvalue weighted by Gasteiger charge is 2.39. The lowest BCUT2D eigenvalue weighted by molar-refractivity contribution is -0.905. The van der Waals surface area contributed by atoms with E-state index in [2.05, 4.69) is 9.79 Å². The second kappa shape index (κ2) is 1.86. The maximum absolute atomic E-state index is 11.6. The van der Waals surface area contributed by atoms with Gasteiger partial charge in [-0.25, -0.2) is 5.27 Å². The molecule has 10 heavy (non-hydrogen) atoms. The smallest absolute Gasteiger partial charge is 0.487 e. The number of hydrogen-bond donors (Lipinski definition) is 1. The normalized spacial score (nSPS) is 11.9. The minimum Gasteiger partial charge on any atom is -0.487 e. The molecule has 1 aromatic heterocycles. The fourth-order valence-corrected chi connectivity index (χ4v) is 0.366. The third-order valence-electron chi connectivity index (χ3n) is 0.726. The number of rotatable bonds is 0. The lowest BCUT2D eigenvalue weighted by Crippen LogP contribution is -2.50. The molecule has 4 nitrogen and oxygen atoms in total. The van der Waals surface area contributed by atoms with Crippen molar-refractivity contribution in [2.45, 2.75) is 6.30 Å². The molecule has 0 aromatic carbocycles. The highest BCUT2D eigenvalue weighted by atomic mass is 19.4. The van der Waals surface area contributed by atoms with Crippen molar-refractivity contribution in [1.29, 1.82) is 5.41 Å². The first-order valence-electron chi connectivity index (χ1n) is 2.17. The monoisotopic (exact) mass is 153 g/mol. The van der Waals surface area contributed by atoms with E-state index < -0.39 is 11.9 Å². The van der Waals surface area contributed by atoms with Crippen molar-refractivity contribution in [1.82, 2.24) is 5.27 Å². The van der Waals surface area contributed by atoms with Crippen LogP contribution in [0.15, 0.2) is 10.7 Å². The summed E-state index contributed by atoms with van der Waals surface area (Å²) in [5.74, 6) is 0. The van der Waals surface area contributed by atoms with Gasteiger partial charge in [-0.05, 0) is 0 Å². The Kier molecular flexibility index (Phi) is 1.27. The fraction of sp³-hybridized carbons (Fsp3) is 0.333. The Bertz CT molecular complexity index is 271. The zero-order valence-corrected chi connectivity index (χ0v) is 4.51. The van der Waals surface area contributed by atoms with Crippen LogP contribution in [0, 0.1) is 5.41 Å². The molecule has 0 atom stereocenters. The van der Waals surface area contributed by atoms with Gasteiger partial charge in [-0.2, -0.15) is 0 Å². The van der Waals surface area contributed by atoms with Gasteiger partial charge in [-0.15, -0.1) is 17.9 Å². The largest absolute Gasteiger partial charge is 0.630 e. The molecule has 0 amide bonds. The first-order valence-corrected chi connectivity index (χ1v) is 2.17. The number of halogens is 3. The van der Waals surface area contributed by atoms with Crippen molar-refractivity contribution in [2.24, 2.45) is 0 Å². The molecule has 0 fully saturated rings. The number of aromatic nitrogens is 2. The van der Waals surface area contributed by atoms with E-state index in [9.17, 15) is 13.2 Å². The van der Waals surface area contributed by atoms with Crippen LogP contribution in [0.2, 0.25) is 0 Å². The van der Waals surface area contributed by atoms with Gasteiger partial charge in [-0.1, -0.05) is 0 Å². The van der Waals surface area contributed by atoms with E-state index in [-0.39, 0.29) is 4.68 Å². The molecule has 0 saturated carbocycles. The summed E-state index contributed by atoms with van der Waals surface area (Å²) in [6.45, 7) is 0. The van der Waals surface area contributed by atoms with Crippen LogP contribution >= 0.6 is 0 Å². The number of nitrogens with one attached hydrogen (secondary N) is 1. The van der Waals surface area contributed by atoms with Crippen LogP contribution in [0.5, 0.6) is 0 Å². The minimum atomic E-state index is -4.59. The summed E-state index contributed by atoms with van der Waals surface area (Å²) in [6, 6.07) is 0. The molecular formula is C3H2F3N3O. The third kappa shape index (κ3) is 1.17. The first-order chi connectivity index (χ1) is 4.50. The summed E-state index contributed by atoms with van der Waals surface area (Å²) in [7, 11) is 0. The average molecular weight is 153 g/mol. The van der Waals surface area contributed by atoms with Crippen LogP contribution in [0.25, 0.3) is 0 Å². The number of nitrogens with zero attached hydrogens (tertiary/aromatic N) is 2. The molecular weight excluding hydrogens is 151 g/mol. The molecule has 0 spiro atoms. The maximum Gasteiger partial charge on any atom is 0.630 e. The Morgan fingerprint density at radius 1 is 1.60 bits per heavy atom. The van der Waals surface area contributed by atoms with Crippen LogP contribution in [0.3, 0.4) is 0 Å². The zero-order chi connectivity index (χ0) is 7.78. The van der Waals surface area contributed by atoms with E-state index in [4.69, 9.17) is 5.41 Å². The SMILES string of the molecule is N=c1c[n+](C(F)(F)F)[n-]o1. The Morgan fingerprint density at radius 3 is 2.40 bits per heavy atom. The van der Waals surface area contributed by atoms with Gasteiger partial charge in [0.15, 0.2) is 0 Å². The molecule has 0 aliphatic rings. The Balaban J connectivity index is 3.07. The van der Waals surface area contributed by atoms with Gasteiger partial charge in [0.2, 0.25) is 6.20 Å². The van der Waals surface area contributed by atoms with Crippen LogP contribution in [0.1, 0.15) is 0 Å². The van der Waals surface area contributed by atoms with Crippen LogP contribution in [0.4, 0.5) is 13.2 Å². The van der Waals surface area contributed by atoms with E-state index >= 15 is 0 Å². The number of hydrogen-bond acceptors (Lipinski definition) is 2. The van der Waals surface area contributed by atoms with Crippen molar-refractivity contribution in [3.8, 4) is 0 Å². The summed E-state index contributed by atoms with van der Waals surface area (Å²) >= 11 is 0. The third-order valence-corrected chi connectivity index (χ3v) is 0.726. The molecule has 1 N–H and O–H groups in total. The van der Waals surface area contributed by atoms with Gasteiger partial charge in [0.1, 0.15) is 0 Å². The molecule has 56 valence electrons. The van der Waals surface area contributed by atoms with Gasteiger partial charge in [0.05, 0.1) is 0 Å². The quantitative estimate of drug-likeness (QED) is 0.510. The van der Waals surface area contributed by atoms with Gasteiger partial charge in [-0.3, -0.25) is 5.41 Å². The van der Waals surface area contributed by atoms with Crippen LogP contribution in [-0.4, -0.2) is 0 Å². The van der Waals surface area contributed by atoms with E-state index in [1.54, 1.807) is 0 Å². The van der Waals surface area contributed by atoms with Gasteiger partial charge < -0.3 is 4.52 Å². The molecule has 0 radical (unpaired) electrons. The Morgan fingerprint density at radius 2 is 2.20 bits per heavy atom. The van der Waals surface area contributed by atoms with E-state index in [0.717, 1.165) is 0 Å². The molecule has 1 rings (SSSR count). The van der Waals surface area contributed by atoms with E-state index in [1.165, 1.54) is 0 Å². The highest BCUT2D eigenvalue weighted by molar-refractivity contribution is 4.40. The summed E-state index contributed by atoms with van der Waals surface area (Å²) < 4.78 is 38.1. The minimum absolute atomic E-state index is 0.380. The topological polar surface area (TPSA) is 55.0 Å². The molecule has 0 saturated heterocycles. The van der Waals surface area contributed by atoms with E-state index in [1.807, 2.05) is 0 Å². The predicted molar refractivity (Wildman–Crippen MR) is 19.4 cm³/mol. The Hall–Kier alpha value is -1.27. The van der Waals surface area contributed by atoms with Crippen molar-refractivity contribution >= 4 is 0 Å². The van der Waals surface area contributed by atoms with Gasteiger partial charge in [0.25, 0.3) is 5.55 Å². The molecule has 7 heteroatoms. The standard InChI is InChI=1S/C3H2F3N3O/c4-3(5,6)9-1-2(7)10-8-9/h1,7H. The van der Waals surface area contributed by atoms with Gasteiger partial charge in [0, 0.05) is 0 Å². The number of alkyl halides is 3. The second-order valence-corrected chi connectivity index (χ2v) is 1.48. The highest BCUT2D eigenvalue weighted by Crippen LogP contribution is 2.10. The van der Waals surface area contributed by atoms with Crippen molar-refractivity contribution in [2.75, 3.05) is 0 Å². The Labute approximate surface area is 52.3 Å². The molecule has 0 unspecified atom stereocenters. The summed E-state index contributed by atoms with van der Waals surface area (Å²) in [5, 5.41) is 9.06. The zero-order valence-electron chi connectivity index (χ0n) is 4.51. The lowest BCUT2D eigenvalue weighted by atomic mass is 10.9. The van der Waals surface area contributed by atoms with Crippen molar-refractivity contribution < 1.29 is 22.4 Å². The molecule has 1 aromatic rings. The molecule has 0 bridgehead atoms. The molecule has 0 aliphatic carbocycles. The van der Waals surface area contributed by atoms with Crippen LogP contribution in [-0.2, 0) is 6.30 Å². The summed E-state index contributed by atoms with van der Waals surface area (Å²) in [5.41, 5.74) is -0.627. The second-order valence-electron chi connectivity index (χ2n) is 1.48. The summed E-state index contributed by atoms with van der Waals surface area (Å²) in [6.07, 6.45) is -4.16. The summed E-state index contributed by atoms with van der Waals surface area (Å²) in [4.78, 5) is 0. The van der Waals surface area contributed by atoms with Crippen LogP contribution < -0.4 is 15.5 Å². The predicted octanol–water partition coefficient (Wildman–Crippen LogP) is -0.520. The molecule has 0 aliphatic heterocycles. The first kappa shape index (κ1) is 6.84. The lowest BCUT2D eigenvalue weighted by Gasteiger charge is -1.97. The fourth-order valence-electron chi connectivity index (χ4n) is 0.366. The van der Waals surface area contributed by atoms with Gasteiger partial charge >= 0.3 is 6.30 Å². The van der Waals surface area contributed by atoms with E-state index in [0.29, 0.717) is 6.20 Å².